The number of nitrogens with one attached hydrogen (secondary N) is 1. The number of fused-ring (bicyclic) bond motifs is 1. The summed E-state index contributed by atoms with van der Waals surface area (Å²) in [5.41, 5.74) is 1.15. The van der Waals surface area contributed by atoms with Gasteiger partial charge in [0.05, 0.1) is 11.6 Å². The number of anilines is 2. The van der Waals surface area contributed by atoms with E-state index in [1.165, 1.54) is 24.3 Å². The van der Waals surface area contributed by atoms with E-state index in [1.807, 2.05) is 42.5 Å². The van der Waals surface area contributed by atoms with Gasteiger partial charge in [-0.1, -0.05) is 36.4 Å². The molecular formula is C23H19FN2O4. The average Bonchev–Trinajstić information content (AvgIpc) is 3.15. The summed E-state index contributed by atoms with van der Waals surface area (Å²) in [5, 5.41) is 4.46. The molecule has 0 aromatic heterocycles. The molecule has 0 radical (unpaired) electrons. The number of hydrogen-bond donors (Lipinski definition) is 1. The van der Waals surface area contributed by atoms with E-state index in [2.05, 4.69) is 5.32 Å². The molecule has 6 nitrogen and oxygen atoms in total. The van der Waals surface area contributed by atoms with E-state index in [4.69, 9.17) is 4.74 Å². The fraction of sp³-hybridized carbons (Fsp3) is 0.174. The first-order chi connectivity index (χ1) is 14.5. The summed E-state index contributed by atoms with van der Waals surface area (Å²) in [5.74, 6) is -2.36. The number of nitrogens with zero attached hydrogens (tertiary/aromatic N) is 1. The van der Waals surface area contributed by atoms with Gasteiger partial charge in [0.1, 0.15) is 5.82 Å². The van der Waals surface area contributed by atoms with Crippen LogP contribution in [0.5, 0.6) is 0 Å². The summed E-state index contributed by atoms with van der Waals surface area (Å²) in [6, 6.07) is 18.7. The number of hydrogen-bond acceptors (Lipinski definition) is 4. The minimum atomic E-state index is -0.643. The van der Waals surface area contributed by atoms with Crippen LogP contribution < -0.4 is 10.2 Å². The molecule has 1 aliphatic rings. The van der Waals surface area contributed by atoms with Crippen molar-refractivity contribution in [2.45, 2.75) is 6.42 Å². The zero-order chi connectivity index (χ0) is 21.1. The zero-order valence-corrected chi connectivity index (χ0v) is 16.0. The second kappa shape index (κ2) is 8.32. The molecule has 1 aliphatic heterocycles. The number of halogens is 1. The van der Waals surface area contributed by atoms with Gasteiger partial charge in [-0.3, -0.25) is 14.4 Å². The lowest BCUT2D eigenvalue weighted by Crippen LogP contribution is -2.28. The Hall–Kier alpha value is -3.74. The number of amides is 2. The largest absolute Gasteiger partial charge is 0.455 e. The summed E-state index contributed by atoms with van der Waals surface area (Å²) in [6.45, 7) is -0.277. The van der Waals surface area contributed by atoms with Crippen LogP contribution >= 0.6 is 0 Å². The van der Waals surface area contributed by atoms with Crippen LogP contribution in [0.2, 0.25) is 0 Å². The third-order valence-corrected chi connectivity index (χ3v) is 4.99. The minimum absolute atomic E-state index is 0.0294. The van der Waals surface area contributed by atoms with Gasteiger partial charge < -0.3 is 15.0 Å². The number of carbonyl (C=O) groups is 3. The highest BCUT2D eigenvalue weighted by Crippen LogP contribution is 2.32. The molecule has 1 N–H and O–H groups in total. The lowest BCUT2D eigenvalue weighted by molar-refractivity contribution is -0.151. The predicted octanol–water partition coefficient (Wildman–Crippen LogP) is 3.51. The van der Waals surface area contributed by atoms with Gasteiger partial charge >= 0.3 is 5.97 Å². The van der Waals surface area contributed by atoms with Gasteiger partial charge in [0.25, 0.3) is 5.91 Å². The van der Waals surface area contributed by atoms with Crippen LogP contribution in [-0.4, -0.2) is 30.9 Å². The van der Waals surface area contributed by atoms with Crippen LogP contribution in [0.4, 0.5) is 15.8 Å². The van der Waals surface area contributed by atoms with Crippen molar-refractivity contribution in [2.24, 2.45) is 5.92 Å². The van der Waals surface area contributed by atoms with E-state index < -0.39 is 30.2 Å². The molecule has 3 aromatic rings. The van der Waals surface area contributed by atoms with Crippen LogP contribution in [0.1, 0.15) is 6.42 Å². The molecule has 0 spiro atoms. The van der Waals surface area contributed by atoms with Crippen molar-refractivity contribution in [1.82, 2.24) is 0 Å². The molecule has 1 heterocycles. The van der Waals surface area contributed by atoms with Crippen LogP contribution in [0.25, 0.3) is 10.8 Å². The van der Waals surface area contributed by atoms with Crippen LogP contribution in [-0.2, 0) is 19.1 Å². The molecular weight excluding hydrogens is 387 g/mol. The molecule has 0 aliphatic carbocycles. The van der Waals surface area contributed by atoms with Crippen molar-refractivity contribution in [2.75, 3.05) is 23.4 Å². The van der Waals surface area contributed by atoms with Crippen molar-refractivity contribution in [1.29, 1.82) is 0 Å². The highest BCUT2D eigenvalue weighted by molar-refractivity contribution is 6.06. The number of carbonyl (C=O) groups excluding carboxylic acids is 3. The van der Waals surface area contributed by atoms with Gasteiger partial charge in [-0.05, 0) is 35.7 Å². The number of benzene rings is 3. The SMILES string of the molecule is O=C(COC(=O)[C@@H]1CC(=O)N(c2cccc3ccccc23)C1)Nc1ccc(F)cc1. The maximum absolute atomic E-state index is 12.9. The first kappa shape index (κ1) is 19.6. The third kappa shape index (κ3) is 4.15. The number of esters is 1. The number of rotatable bonds is 5. The van der Waals surface area contributed by atoms with Gasteiger partial charge in [0, 0.05) is 24.0 Å². The van der Waals surface area contributed by atoms with Gasteiger partial charge in [-0.15, -0.1) is 0 Å². The summed E-state index contributed by atoms with van der Waals surface area (Å²) < 4.78 is 18.0. The molecule has 0 saturated carbocycles. The van der Waals surface area contributed by atoms with Gasteiger partial charge in [0.2, 0.25) is 5.91 Å². The highest BCUT2D eigenvalue weighted by atomic mass is 19.1. The highest BCUT2D eigenvalue weighted by Gasteiger charge is 2.36. The fourth-order valence-electron chi connectivity index (χ4n) is 3.53. The molecule has 0 unspecified atom stereocenters. The lowest BCUT2D eigenvalue weighted by Gasteiger charge is -2.18. The fourth-order valence-corrected chi connectivity index (χ4v) is 3.53. The maximum atomic E-state index is 12.9. The molecule has 3 aromatic carbocycles. The Morgan fingerprint density at radius 1 is 1.03 bits per heavy atom. The first-order valence-corrected chi connectivity index (χ1v) is 9.51. The topological polar surface area (TPSA) is 75.7 Å². The van der Waals surface area contributed by atoms with Crippen molar-refractivity contribution in [3.8, 4) is 0 Å². The Morgan fingerprint density at radius 2 is 1.77 bits per heavy atom. The monoisotopic (exact) mass is 406 g/mol. The molecule has 2 amide bonds. The van der Waals surface area contributed by atoms with E-state index in [1.54, 1.807) is 4.90 Å². The predicted molar refractivity (Wildman–Crippen MR) is 110 cm³/mol. The quantitative estimate of drug-likeness (QED) is 0.658. The van der Waals surface area contributed by atoms with Crippen molar-refractivity contribution in [3.63, 3.8) is 0 Å². The smallest absolute Gasteiger partial charge is 0.311 e. The Labute approximate surface area is 172 Å². The van der Waals surface area contributed by atoms with Gasteiger partial charge in [-0.2, -0.15) is 0 Å². The minimum Gasteiger partial charge on any atom is -0.455 e. The normalized spacial score (nSPS) is 16.0. The third-order valence-electron chi connectivity index (χ3n) is 4.99. The Bertz CT molecular complexity index is 1110. The average molecular weight is 406 g/mol. The van der Waals surface area contributed by atoms with Crippen LogP contribution in [0.3, 0.4) is 0 Å². The Morgan fingerprint density at radius 3 is 2.57 bits per heavy atom. The van der Waals surface area contributed by atoms with Gasteiger partial charge in [-0.25, -0.2) is 4.39 Å². The van der Waals surface area contributed by atoms with Crippen molar-refractivity contribution >= 4 is 39.9 Å². The molecule has 152 valence electrons. The Kier molecular flexibility index (Phi) is 5.43. The van der Waals surface area contributed by atoms with Crippen LogP contribution in [0, 0.1) is 11.7 Å². The Balaban J connectivity index is 1.37. The second-order valence-corrected chi connectivity index (χ2v) is 7.07. The van der Waals surface area contributed by atoms with E-state index in [-0.39, 0.29) is 18.9 Å². The second-order valence-electron chi connectivity index (χ2n) is 7.07. The first-order valence-electron chi connectivity index (χ1n) is 9.51. The maximum Gasteiger partial charge on any atom is 0.311 e. The standard InChI is InChI=1S/C23H19FN2O4/c24-17-8-10-18(11-9-17)25-21(27)14-30-23(29)16-12-22(28)26(13-16)20-7-3-5-15-4-1-2-6-19(15)20/h1-11,16H,12-14H2,(H,25,27)/t16-/m1/s1. The van der Waals surface area contributed by atoms with E-state index in [0.717, 1.165) is 16.5 Å². The van der Waals surface area contributed by atoms with Crippen molar-refractivity contribution in [3.05, 3.63) is 72.5 Å². The molecule has 30 heavy (non-hydrogen) atoms. The van der Waals surface area contributed by atoms with E-state index in [0.29, 0.717) is 5.69 Å². The summed E-state index contributed by atoms with van der Waals surface area (Å²) in [6.07, 6.45) is 0.0294. The lowest BCUT2D eigenvalue weighted by atomic mass is 10.1. The molecule has 0 bridgehead atoms. The summed E-state index contributed by atoms with van der Waals surface area (Å²) >= 11 is 0. The molecule has 4 rings (SSSR count). The van der Waals surface area contributed by atoms with Gasteiger partial charge in [0.15, 0.2) is 6.61 Å². The zero-order valence-electron chi connectivity index (χ0n) is 16.0. The van der Waals surface area contributed by atoms with Crippen molar-refractivity contribution < 1.29 is 23.5 Å². The number of ether oxygens (including phenoxy) is 1. The molecule has 7 heteroatoms. The summed E-state index contributed by atoms with van der Waals surface area (Å²) in [7, 11) is 0. The van der Waals surface area contributed by atoms with E-state index >= 15 is 0 Å². The molecule has 1 saturated heterocycles. The molecule has 1 atom stereocenters. The summed E-state index contributed by atoms with van der Waals surface area (Å²) in [4.78, 5) is 38.5. The molecule has 1 fully saturated rings. The van der Waals surface area contributed by atoms with Crippen LogP contribution in [0.15, 0.2) is 66.7 Å². The van der Waals surface area contributed by atoms with E-state index in [9.17, 15) is 18.8 Å².